The number of nitrogens with one attached hydrogen (secondary N) is 4. The molecule has 13 nitrogen and oxygen atoms in total. The first-order valence-electron chi connectivity index (χ1n) is 10.7. The highest BCUT2D eigenvalue weighted by Gasteiger charge is 2.29. The number of carboxylic acid groups (broad SMARTS) is 2. The summed E-state index contributed by atoms with van der Waals surface area (Å²) in [6.45, 7) is -0.707. The van der Waals surface area contributed by atoms with E-state index in [2.05, 4.69) is 25.9 Å². The van der Waals surface area contributed by atoms with Crippen LogP contribution in [0, 0.1) is 0 Å². The van der Waals surface area contributed by atoms with Gasteiger partial charge in [0.1, 0.15) is 18.6 Å². The quantitative estimate of drug-likeness (QED) is 0.165. The Labute approximate surface area is 200 Å². The van der Waals surface area contributed by atoms with E-state index in [0.29, 0.717) is 5.69 Å². The van der Waals surface area contributed by atoms with E-state index in [1.807, 2.05) is 18.2 Å². The molecule has 0 radical (unpaired) electrons. The van der Waals surface area contributed by atoms with E-state index in [9.17, 15) is 24.0 Å². The standard InChI is InChI=1S/C22H28N6O7/c23-15(8-13-4-2-1-3-5-13)20(33)28-17(9-14-10-24-12-26-14)22(35)27-16(6-7-18(29)30)21(34)25-11-19(31)32/h1-5,10,12,15-17H,6-9,11,23H2,(H,24,26)(H,25,34)(H,27,35)(H,28,33)(H,29,30)(H,31,32). The largest absolute Gasteiger partial charge is 0.481 e. The fourth-order valence-electron chi connectivity index (χ4n) is 3.16. The van der Waals surface area contributed by atoms with Gasteiger partial charge >= 0.3 is 11.9 Å². The first-order chi connectivity index (χ1) is 16.7. The summed E-state index contributed by atoms with van der Waals surface area (Å²) in [7, 11) is 0. The minimum atomic E-state index is -1.34. The number of aromatic nitrogens is 2. The van der Waals surface area contributed by atoms with Crippen LogP contribution in [0.25, 0.3) is 0 Å². The zero-order valence-electron chi connectivity index (χ0n) is 18.8. The van der Waals surface area contributed by atoms with Crippen molar-refractivity contribution < 1.29 is 34.2 Å². The average Bonchev–Trinajstić information content (AvgIpc) is 3.33. The summed E-state index contributed by atoms with van der Waals surface area (Å²) < 4.78 is 0. The van der Waals surface area contributed by atoms with E-state index in [4.69, 9.17) is 15.9 Å². The molecule has 35 heavy (non-hydrogen) atoms. The van der Waals surface area contributed by atoms with Crippen LogP contribution in [0.1, 0.15) is 24.1 Å². The summed E-state index contributed by atoms with van der Waals surface area (Å²) in [4.78, 5) is 66.6. The Morgan fingerprint density at radius 2 is 1.60 bits per heavy atom. The molecule has 0 saturated carbocycles. The zero-order valence-corrected chi connectivity index (χ0v) is 18.8. The van der Waals surface area contributed by atoms with Crippen LogP contribution in [0.4, 0.5) is 0 Å². The molecule has 0 saturated heterocycles. The van der Waals surface area contributed by atoms with Gasteiger partial charge in [-0.3, -0.25) is 24.0 Å². The molecule has 0 aliphatic carbocycles. The molecule has 13 heteroatoms. The highest BCUT2D eigenvalue weighted by atomic mass is 16.4. The van der Waals surface area contributed by atoms with Gasteiger partial charge in [0.2, 0.25) is 17.7 Å². The Bertz CT molecular complexity index is 1010. The van der Waals surface area contributed by atoms with E-state index in [-0.39, 0.29) is 19.3 Å². The van der Waals surface area contributed by atoms with Gasteiger partial charge in [0.15, 0.2) is 0 Å². The topological polar surface area (TPSA) is 217 Å². The van der Waals surface area contributed by atoms with Crippen molar-refractivity contribution in [1.29, 1.82) is 0 Å². The second-order valence-corrected chi connectivity index (χ2v) is 7.74. The van der Waals surface area contributed by atoms with Crippen LogP contribution < -0.4 is 21.7 Å². The van der Waals surface area contributed by atoms with Crippen LogP contribution in [0.2, 0.25) is 0 Å². The van der Waals surface area contributed by atoms with Gasteiger partial charge in [0.25, 0.3) is 0 Å². The molecule has 0 spiro atoms. The minimum Gasteiger partial charge on any atom is -0.481 e. The second kappa shape index (κ2) is 13.4. The highest BCUT2D eigenvalue weighted by Crippen LogP contribution is 2.06. The molecule has 0 fully saturated rings. The van der Waals surface area contributed by atoms with Crippen LogP contribution >= 0.6 is 0 Å². The third-order valence-electron chi connectivity index (χ3n) is 4.94. The molecule has 3 unspecified atom stereocenters. The maximum atomic E-state index is 13.0. The average molecular weight is 489 g/mol. The minimum absolute atomic E-state index is 0.0158. The van der Waals surface area contributed by atoms with Gasteiger partial charge in [-0.2, -0.15) is 0 Å². The lowest BCUT2D eigenvalue weighted by molar-refractivity contribution is -0.140. The molecular formula is C22H28N6O7. The lowest BCUT2D eigenvalue weighted by Crippen LogP contribution is -2.57. The number of nitrogens with two attached hydrogens (primary N) is 1. The molecule has 0 aliphatic rings. The Kier molecular flexibility index (Phi) is 10.4. The van der Waals surface area contributed by atoms with Gasteiger partial charge in [0.05, 0.1) is 12.4 Å². The molecule has 1 aromatic heterocycles. The first-order valence-corrected chi connectivity index (χ1v) is 10.7. The van der Waals surface area contributed by atoms with Crippen molar-refractivity contribution in [2.75, 3.05) is 6.54 Å². The normalized spacial score (nSPS) is 13.2. The summed E-state index contributed by atoms with van der Waals surface area (Å²) in [5.41, 5.74) is 7.36. The third-order valence-corrected chi connectivity index (χ3v) is 4.94. The Balaban J connectivity index is 2.13. The van der Waals surface area contributed by atoms with Crippen LogP contribution in [-0.4, -0.2) is 74.5 Å². The van der Waals surface area contributed by atoms with Crippen LogP contribution in [0.3, 0.4) is 0 Å². The highest BCUT2D eigenvalue weighted by molar-refractivity contribution is 5.94. The number of carbonyl (C=O) groups is 5. The Morgan fingerprint density at radius 1 is 0.914 bits per heavy atom. The van der Waals surface area contributed by atoms with Crippen molar-refractivity contribution in [1.82, 2.24) is 25.9 Å². The molecular weight excluding hydrogens is 460 g/mol. The number of carboxylic acids is 2. The number of benzene rings is 1. The van der Waals surface area contributed by atoms with Gasteiger partial charge in [0, 0.05) is 24.7 Å². The number of hydrogen-bond acceptors (Lipinski definition) is 7. The van der Waals surface area contributed by atoms with Crippen molar-refractivity contribution in [3.63, 3.8) is 0 Å². The van der Waals surface area contributed by atoms with Gasteiger partial charge in [-0.25, -0.2) is 4.98 Å². The van der Waals surface area contributed by atoms with Gasteiger partial charge in [-0.05, 0) is 18.4 Å². The maximum absolute atomic E-state index is 13.0. The van der Waals surface area contributed by atoms with Gasteiger partial charge in [-0.15, -0.1) is 0 Å². The van der Waals surface area contributed by atoms with E-state index in [1.165, 1.54) is 12.5 Å². The Hall–Kier alpha value is -4.26. The first kappa shape index (κ1) is 27.0. The van der Waals surface area contributed by atoms with Gasteiger partial charge in [-0.1, -0.05) is 30.3 Å². The molecule has 8 N–H and O–H groups in total. The SMILES string of the molecule is NC(Cc1ccccc1)C(=O)NC(Cc1cnc[nH]1)C(=O)NC(CCC(=O)O)C(=O)NCC(=O)O. The summed E-state index contributed by atoms with van der Waals surface area (Å²) in [5, 5.41) is 24.8. The number of amides is 3. The van der Waals surface area contributed by atoms with Crippen LogP contribution in [0.5, 0.6) is 0 Å². The molecule has 3 amide bonds. The van der Waals surface area contributed by atoms with E-state index < -0.39 is 60.8 Å². The Morgan fingerprint density at radius 3 is 2.20 bits per heavy atom. The second-order valence-electron chi connectivity index (χ2n) is 7.74. The lowest BCUT2D eigenvalue weighted by atomic mass is 10.0. The number of imidazole rings is 1. The number of hydrogen-bond donors (Lipinski definition) is 7. The van der Waals surface area contributed by atoms with Crippen molar-refractivity contribution in [2.45, 2.75) is 43.8 Å². The summed E-state index contributed by atoms with van der Waals surface area (Å²) in [6.07, 6.45) is 2.32. The number of carbonyl (C=O) groups excluding carboxylic acids is 3. The third kappa shape index (κ3) is 9.63. The molecule has 188 valence electrons. The molecule has 2 aromatic rings. The van der Waals surface area contributed by atoms with Crippen molar-refractivity contribution >= 4 is 29.7 Å². The van der Waals surface area contributed by atoms with Crippen molar-refractivity contribution in [3.8, 4) is 0 Å². The molecule has 2 rings (SSSR count). The van der Waals surface area contributed by atoms with Crippen LogP contribution in [0.15, 0.2) is 42.9 Å². The van der Waals surface area contributed by atoms with E-state index >= 15 is 0 Å². The molecule has 3 atom stereocenters. The fraction of sp³-hybridized carbons (Fsp3) is 0.364. The van der Waals surface area contributed by atoms with Crippen molar-refractivity contribution in [2.24, 2.45) is 5.73 Å². The smallest absolute Gasteiger partial charge is 0.322 e. The predicted octanol–water partition coefficient (Wildman–Crippen LogP) is -1.44. The number of aliphatic carboxylic acids is 2. The molecule has 1 aromatic carbocycles. The number of aromatic amines is 1. The van der Waals surface area contributed by atoms with Crippen LogP contribution in [-0.2, 0) is 36.8 Å². The zero-order chi connectivity index (χ0) is 25.8. The monoisotopic (exact) mass is 488 g/mol. The summed E-state index contributed by atoms with van der Waals surface area (Å²) in [5.74, 6) is -4.76. The molecule has 0 bridgehead atoms. The number of H-pyrrole nitrogens is 1. The van der Waals surface area contributed by atoms with E-state index in [0.717, 1.165) is 5.56 Å². The van der Waals surface area contributed by atoms with Crippen molar-refractivity contribution in [3.05, 3.63) is 54.1 Å². The maximum Gasteiger partial charge on any atom is 0.322 e. The van der Waals surface area contributed by atoms with E-state index in [1.54, 1.807) is 12.1 Å². The summed E-state index contributed by atoms with van der Waals surface area (Å²) in [6, 6.07) is 5.59. The number of rotatable bonds is 14. The lowest BCUT2D eigenvalue weighted by Gasteiger charge is -2.23. The molecule has 1 heterocycles. The summed E-state index contributed by atoms with van der Waals surface area (Å²) >= 11 is 0. The number of nitrogens with zero attached hydrogens (tertiary/aromatic N) is 1. The predicted molar refractivity (Wildman–Crippen MR) is 122 cm³/mol. The van der Waals surface area contributed by atoms with Gasteiger partial charge < -0.3 is 36.9 Å². The fourth-order valence-corrected chi connectivity index (χ4v) is 3.16. The molecule has 0 aliphatic heterocycles.